The van der Waals surface area contributed by atoms with E-state index in [-0.39, 0.29) is 12.1 Å². The number of alkyl halides is 3. The van der Waals surface area contributed by atoms with Crippen LogP contribution in [-0.2, 0) is 36.5 Å². The third-order valence-corrected chi connectivity index (χ3v) is 6.22. The first-order valence-electron chi connectivity index (χ1n) is 11.3. The van der Waals surface area contributed by atoms with Crippen LogP contribution >= 0.6 is 0 Å². The highest BCUT2D eigenvalue weighted by Gasteiger charge is 2.51. The summed E-state index contributed by atoms with van der Waals surface area (Å²) in [5.41, 5.74) is -0.378. The highest BCUT2D eigenvalue weighted by atomic mass is 19.4. The molecule has 1 aliphatic carbocycles. The average Bonchev–Trinajstić information content (AvgIpc) is 3.11. The topological polar surface area (TPSA) is 92.8 Å². The van der Waals surface area contributed by atoms with Crippen molar-refractivity contribution in [2.75, 3.05) is 11.9 Å². The van der Waals surface area contributed by atoms with Crippen LogP contribution in [0, 0.1) is 11.8 Å². The molecule has 7 nitrogen and oxygen atoms in total. The molecule has 1 N–H and O–H groups in total. The zero-order chi connectivity index (χ0) is 25.9. The maximum atomic E-state index is 13.1. The van der Waals surface area contributed by atoms with Crippen LogP contribution in [0.15, 0.2) is 66.7 Å². The van der Waals surface area contributed by atoms with Gasteiger partial charge >= 0.3 is 12.1 Å². The maximum Gasteiger partial charge on any atom is 0.416 e. The molecule has 0 spiro atoms. The SMILES string of the molecule is O=C(COC(=O)[C@H](Cc1ccccc1)N1C(=O)[C@H]2CC=CC[C@@H]2C1=O)Nc1cccc(C(F)(F)F)c1. The number of hydrogen-bond acceptors (Lipinski definition) is 5. The van der Waals surface area contributed by atoms with Gasteiger partial charge in [-0.25, -0.2) is 4.79 Å². The molecule has 188 valence electrons. The third-order valence-electron chi connectivity index (χ3n) is 6.22. The van der Waals surface area contributed by atoms with Crippen molar-refractivity contribution in [3.63, 3.8) is 0 Å². The van der Waals surface area contributed by atoms with Crippen molar-refractivity contribution in [3.8, 4) is 0 Å². The monoisotopic (exact) mass is 500 g/mol. The average molecular weight is 500 g/mol. The van der Waals surface area contributed by atoms with E-state index >= 15 is 0 Å². The number of likely N-dealkylation sites (tertiary alicyclic amines) is 1. The molecule has 0 saturated carbocycles. The van der Waals surface area contributed by atoms with Crippen molar-refractivity contribution >= 4 is 29.4 Å². The van der Waals surface area contributed by atoms with Gasteiger partial charge in [0.2, 0.25) is 11.8 Å². The number of esters is 1. The molecule has 0 bridgehead atoms. The third kappa shape index (κ3) is 5.48. The molecule has 1 saturated heterocycles. The van der Waals surface area contributed by atoms with Crippen LogP contribution in [-0.4, -0.2) is 41.2 Å². The first-order chi connectivity index (χ1) is 17.1. The van der Waals surface area contributed by atoms with Crippen LogP contribution in [0.4, 0.5) is 18.9 Å². The van der Waals surface area contributed by atoms with Crippen LogP contribution in [0.25, 0.3) is 0 Å². The van der Waals surface area contributed by atoms with Gasteiger partial charge in [-0.3, -0.25) is 19.3 Å². The number of amides is 3. The molecule has 2 aromatic rings. The molecule has 2 aliphatic rings. The van der Waals surface area contributed by atoms with Crippen LogP contribution in [0.1, 0.15) is 24.0 Å². The molecular weight excluding hydrogens is 477 g/mol. The van der Waals surface area contributed by atoms with E-state index in [1.165, 1.54) is 6.07 Å². The Balaban J connectivity index is 1.47. The number of nitrogens with one attached hydrogen (secondary N) is 1. The highest BCUT2D eigenvalue weighted by Crippen LogP contribution is 2.37. The number of ether oxygens (including phenoxy) is 1. The number of carbonyl (C=O) groups is 4. The van der Waals surface area contributed by atoms with Gasteiger partial charge in [0, 0.05) is 12.1 Å². The Labute approximate surface area is 204 Å². The van der Waals surface area contributed by atoms with E-state index in [1.54, 1.807) is 30.3 Å². The van der Waals surface area contributed by atoms with Crippen molar-refractivity contribution in [2.24, 2.45) is 11.8 Å². The van der Waals surface area contributed by atoms with Gasteiger partial charge in [0.15, 0.2) is 6.61 Å². The summed E-state index contributed by atoms with van der Waals surface area (Å²) in [5.74, 6) is -3.82. The van der Waals surface area contributed by atoms with Crippen LogP contribution in [0.5, 0.6) is 0 Å². The maximum absolute atomic E-state index is 13.1. The predicted molar refractivity (Wildman–Crippen MR) is 122 cm³/mol. The second kappa shape index (κ2) is 10.3. The quantitative estimate of drug-likeness (QED) is 0.355. The standard InChI is InChI=1S/C26H23F3N2O5/c27-26(28,29)17-9-6-10-18(14-17)30-22(32)15-36-25(35)21(13-16-7-2-1-3-8-16)31-23(33)19-11-4-5-12-20(19)24(31)34/h1-10,14,19-21H,11-13,15H2,(H,30,32)/t19-,20-,21-/m0/s1. The second-order valence-corrected chi connectivity index (χ2v) is 8.64. The number of benzene rings is 2. The molecule has 1 aliphatic heterocycles. The van der Waals surface area contributed by atoms with Gasteiger partial charge < -0.3 is 10.1 Å². The lowest BCUT2D eigenvalue weighted by Gasteiger charge is -2.25. The van der Waals surface area contributed by atoms with Crippen LogP contribution < -0.4 is 5.32 Å². The molecule has 1 heterocycles. The molecule has 0 aromatic heterocycles. The van der Waals surface area contributed by atoms with Gasteiger partial charge in [-0.05, 0) is 36.6 Å². The lowest BCUT2D eigenvalue weighted by atomic mass is 9.85. The first kappa shape index (κ1) is 25.2. The number of hydrogen-bond donors (Lipinski definition) is 1. The van der Waals surface area contributed by atoms with Crippen LogP contribution in [0.3, 0.4) is 0 Å². The molecule has 36 heavy (non-hydrogen) atoms. The Morgan fingerprint density at radius 1 is 0.972 bits per heavy atom. The second-order valence-electron chi connectivity index (χ2n) is 8.64. The fourth-order valence-electron chi connectivity index (χ4n) is 4.45. The Hall–Kier alpha value is -3.95. The normalized spacial score (nSPS) is 20.1. The number of anilines is 1. The Morgan fingerprint density at radius 2 is 1.61 bits per heavy atom. The number of rotatable bonds is 7. The zero-order valence-electron chi connectivity index (χ0n) is 19.0. The summed E-state index contributed by atoms with van der Waals surface area (Å²) in [6.07, 6.45) is -0.119. The fourth-order valence-corrected chi connectivity index (χ4v) is 4.45. The molecular formula is C26H23F3N2O5. The summed E-state index contributed by atoms with van der Waals surface area (Å²) in [6.45, 7) is -0.801. The number of imide groups is 1. The predicted octanol–water partition coefficient (Wildman–Crippen LogP) is 3.75. The van der Waals surface area contributed by atoms with Crippen molar-refractivity contribution in [2.45, 2.75) is 31.5 Å². The minimum absolute atomic E-state index is 0.000725. The van der Waals surface area contributed by atoms with E-state index in [2.05, 4.69) is 5.32 Å². The van der Waals surface area contributed by atoms with E-state index in [4.69, 9.17) is 4.74 Å². The number of halogens is 3. The minimum atomic E-state index is -4.58. The molecule has 0 unspecified atom stereocenters. The summed E-state index contributed by atoms with van der Waals surface area (Å²) >= 11 is 0. The molecule has 0 radical (unpaired) electrons. The first-order valence-corrected chi connectivity index (χ1v) is 11.3. The highest BCUT2D eigenvalue weighted by molar-refractivity contribution is 6.08. The molecule has 3 amide bonds. The van der Waals surface area contributed by atoms with Crippen molar-refractivity contribution in [1.82, 2.24) is 4.90 Å². The zero-order valence-corrected chi connectivity index (χ0v) is 19.0. The Bertz CT molecular complexity index is 1170. The largest absolute Gasteiger partial charge is 0.454 e. The van der Waals surface area contributed by atoms with Gasteiger partial charge in [-0.15, -0.1) is 0 Å². The van der Waals surface area contributed by atoms with Gasteiger partial charge in [-0.2, -0.15) is 13.2 Å². The molecule has 3 atom stereocenters. The van der Waals surface area contributed by atoms with E-state index in [1.807, 2.05) is 12.2 Å². The van der Waals surface area contributed by atoms with E-state index < -0.39 is 59.9 Å². The Kier molecular flexibility index (Phi) is 7.23. The number of allylic oxidation sites excluding steroid dienone is 2. The summed E-state index contributed by atoms with van der Waals surface area (Å²) in [5, 5.41) is 2.25. The smallest absolute Gasteiger partial charge is 0.416 e. The lowest BCUT2D eigenvalue weighted by Crippen LogP contribution is -2.48. The van der Waals surface area contributed by atoms with Gasteiger partial charge in [0.25, 0.3) is 5.91 Å². The summed E-state index contributed by atoms with van der Waals surface area (Å²) in [6, 6.07) is 11.5. The number of fused-ring (bicyclic) bond motifs is 1. The van der Waals surface area contributed by atoms with Gasteiger partial charge in [-0.1, -0.05) is 48.6 Å². The van der Waals surface area contributed by atoms with E-state index in [0.717, 1.165) is 23.1 Å². The molecule has 1 fully saturated rings. The minimum Gasteiger partial charge on any atom is -0.454 e. The van der Waals surface area contributed by atoms with Gasteiger partial charge in [0.05, 0.1) is 17.4 Å². The van der Waals surface area contributed by atoms with E-state index in [0.29, 0.717) is 18.4 Å². The van der Waals surface area contributed by atoms with Crippen molar-refractivity contribution in [1.29, 1.82) is 0 Å². The van der Waals surface area contributed by atoms with Crippen molar-refractivity contribution in [3.05, 3.63) is 77.9 Å². The summed E-state index contributed by atoms with van der Waals surface area (Å²) in [7, 11) is 0. The molecule has 2 aromatic carbocycles. The molecule has 4 rings (SSSR count). The lowest BCUT2D eigenvalue weighted by molar-refractivity contribution is -0.160. The fraction of sp³-hybridized carbons (Fsp3) is 0.308. The Morgan fingerprint density at radius 3 is 2.22 bits per heavy atom. The summed E-state index contributed by atoms with van der Waals surface area (Å²) in [4.78, 5) is 52.4. The van der Waals surface area contributed by atoms with Gasteiger partial charge in [0.1, 0.15) is 6.04 Å². The number of carbonyl (C=O) groups excluding carboxylic acids is 4. The van der Waals surface area contributed by atoms with Crippen LogP contribution in [0.2, 0.25) is 0 Å². The molecule has 10 heteroatoms. The number of nitrogens with zero attached hydrogens (tertiary/aromatic N) is 1. The van der Waals surface area contributed by atoms with E-state index in [9.17, 15) is 32.3 Å². The van der Waals surface area contributed by atoms with Crippen molar-refractivity contribution < 1.29 is 37.1 Å². The summed E-state index contributed by atoms with van der Waals surface area (Å²) < 4.78 is 43.8.